The maximum Gasteiger partial charge on any atom is 0.338 e. The maximum absolute atomic E-state index is 13.3. The van der Waals surface area contributed by atoms with Crippen LogP contribution in [0.5, 0.6) is 0 Å². The fourth-order valence-corrected chi connectivity index (χ4v) is 6.14. The number of amides is 3. The van der Waals surface area contributed by atoms with Crippen molar-refractivity contribution in [3.8, 4) is 0 Å². The number of benzene rings is 2. The number of nitrogens with one attached hydrogen (secondary N) is 1. The summed E-state index contributed by atoms with van der Waals surface area (Å²) in [5, 5.41) is 2.80. The summed E-state index contributed by atoms with van der Waals surface area (Å²) in [4.78, 5) is 52.5. The van der Waals surface area contributed by atoms with Gasteiger partial charge in [0.2, 0.25) is 11.8 Å². The standard InChI is InChI=1S/C28H26N2O5/c1-2-13-35-28(34)16-3-7-17(8-4-16)29-25(31)15-5-9-18(10-6-15)30-26(32)23-19-11-12-20(22-14-21(19)22)24(23)27(30)33/h3-12,19-24H,2,13-14H2,1H3,(H,29,31)/t19-,20-,21-,22-,23-,24+/m0/s1. The third kappa shape index (κ3) is 3.49. The zero-order valence-electron chi connectivity index (χ0n) is 19.3. The van der Waals surface area contributed by atoms with Gasteiger partial charge in [0.15, 0.2) is 0 Å². The number of anilines is 2. The van der Waals surface area contributed by atoms with E-state index >= 15 is 0 Å². The lowest BCUT2D eigenvalue weighted by atomic mass is 9.63. The van der Waals surface area contributed by atoms with Crippen molar-refractivity contribution in [3.63, 3.8) is 0 Å². The highest BCUT2D eigenvalue weighted by molar-refractivity contribution is 6.22. The number of carbonyl (C=O) groups is 4. The number of allylic oxidation sites excluding steroid dienone is 2. The van der Waals surface area contributed by atoms with E-state index in [1.165, 1.54) is 4.90 Å². The molecule has 0 aromatic heterocycles. The molecule has 178 valence electrons. The Morgan fingerprint density at radius 1 is 0.886 bits per heavy atom. The quantitative estimate of drug-likeness (QED) is 0.390. The van der Waals surface area contributed by atoms with Gasteiger partial charge in [-0.1, -0.05) is 19.1 Å². The Hall–Kier alpha value is -3.74. The minimum atomic E-state index is -0.396. The van der Waals surface area contributed by atoms with Crippen molar-refractivity contribution < 1.29 is 23.9 Å². The van der Waals surface area contributed by atoms with Gasteiger partial charge in [0.1, 0.15) is 0 Å². The van der Waals surface area contributed by atoms with Crippen LogP contribution in [0.25, 0.3) is 0 Å². The SMILES string of the molecule is CCCOC(=O)c1ccc(NC(=O)c2ccc(N3C(=O)[C@@H]4[C@H]5C=C[C@@H]([C@@H]6C[C@@H]56)[C@@H]4C3=O)cc2)cc1. The Morgan fingerprint density at radius 2 is 1.46 bits per heavy atom. The topological polar surface area (TPSA) is 92.8 Å². The number of ether oxygens (including phenoxy) is 1. The average Bonchev–Trinajstić information content (AvgIpc) is 3.66. The Bertz CT molecular complexity index is 1210. The van der Waals surface area contributed by atoms with Crippen LogP contribution in [0.1, 0.15) is 40.5 Å². The van der Waals surface area contributed by atoms with E-state index in [9.17, 15) is 19.2 Å². The lowest BCUT2D eigenvalue weighted by Crippen LogP contribution is -2.40. The molecule has 1 saturated heterocycles. The lowest BCUT2D eigenvalue weighted by Gasteiger charge is -2.37. The maximum atomic E-state index is 13.3. The van der Waals surface area contributed by atoms with Crippen LogP contribution in [-0.2, 0) is 14.3 Å². The highest BCUT2D eigenvalue weighted by Gasteiger charge is 2.67. The molecule has 7 heteroatoms. The first-order chi connectivity index (χ1) is 17.0. The van der Waals surface area contributed by atoms with E-state index in [0.29, 0.717) is 40.9 Å². The van der Waals surface area contributed by atoms with Crippen molar-refractivity contribution in [2.45, 2.75) is 19.8 Å². The summed E-state index contributed by atoms with van der Waals surface area (Å²) in [6.45, 7) is 2.29. The Balaban J connectivity index is 1.13. The molecule has 0 unspecified atom stereocenters. The number of nitrogens with zero attached hydrogens (tertiary/aromatic N) is 1. The predicted molar refractivity (Wildman–Crippen MR) is 129 cm³/mol. The molecule has 1 N–H and O–H groups in total. The molecule has 7 rings (SSSR count). The van der Waals surface area contributed by atoms with Crippen molar-refractivity contribution in [2.75, 3.05) is 16.8 Å². The van der Waals surface area contributed by atoms with Crippen LogP contribution in [-0.4, -0.2) is 30.3 Å². The van der Waals surface area contributed by atoms with Crippen LogP contribution >= 0.6 is 0 Å². The summed E-state index contributed by atoms with van der Waals surface area (Å²) in [5.41, 5.74) is 1.87. The molecule has 2 bridgehead atoms. The van der Waals surface area contributed by atoms with Gasteiger partial charge in [-0.15, -0.1) is 0 Å². The van der Waals surface area contributed by atoms with Crippen molar-refractivity contribution in [2.24, 2.45) is 35.5 Å². The summed E-state index contributed by atoms with van der Waals surface area (Å²) in [5.74, 6) is 0.0506. The Morgan fingerprint density at radius 3 is 2.03 bits per heavy atom. The van der Waals surface area contributed by atoms with E-state index in [0.717, 1.165) is 12.8 Å². The third-order valence-corrected chi connectivity index (χ3v) is 7.87. The van der Waals surface area contributed by atoms with Gasteiger partial charge in [-0.2, -0.15) is 0 Å². The third-order valence-electron chi connectivity index (χ3n) is 7.87. The van der Waals surface area contributed by atoms with E-state index in [4.69, 9.17) is 4.74 Å². The smallest absolute Gasteiger partial charge is 0.338 e. The van der Waals surface area contributed by atoms with Crippen LogP contribution in [0, 0.1) is 35.5 Å². The number of carbonyl (C=O) groups excluding carboxylic acids is 4. The minimum absolute atomic E-state index is 0.112. The molecule has 0 spiro atoms. The Labute approximate surface area is 203 Å². The lowest BCUT2D eigenvalue weighted by molar-refractivity contribution is -0.124. The summed E-state index contributed by atoms with van der Waals surface area (Å²) in [6.07, 6.45) is 6.19. The molecule has 35 heavy (non-hydrogen) atoms. The zero-order valence-corrected chi connectivity index (χ0v) is 19.3. The molecule has 3 amide bonds. The van der Waals surface area contributed by atoms with E-state index in [-0.39, 0.29) is 41.4 Å². The van der Waals surface area contributed by atoms with Gasteiger partial charge in [-0.05, 0) is 85.0 Å². The monoisotopic (exact) mass is 470 g/mol. The summed E-state index contributed by atoms with van der Waals surface area (Å²) < 4.78 is 5.11. The normalized spacial score (nSPS) is 29.6. The molecule has 3 fully saturated rings. The molecule has 5 aliphatic rings. The van der Waals surface area contributed by atoms with Gasteiger partial charge in [0.25, 0.3) is 5.91 Å². The van der Waals surface area contributed by atoms with Crippen LogP contribution in [0.15, 0.2) is 60.7 Å². The number of hydrogen-bond acceptors (Lipinski definition) is 5. The largest absolute Gasteiger partial charge is 0.462 e. The second kappa shape index (κ2) is 8.18. The Kier molecular flexibility index (Phi) is 5.09. The molecule has 2 aromatic rings. The molecular weight excluding hydrogens is 444 g/mol. The average molecular weight is 471 g/mol. The van der Waals surface area contributed by atoms with Crippen LogP contribution in [0.3, 0.4) is 0 Å². The fourth-order valence-electron chi connectivity index (χ4n) is 6.14. The van der Waals surface area contributed by atoms with Gasteiger partial charge < -0.3 is 10.1 Å². The van der Waals surface area contributed by atoms with E-state index in [1.807, 2.05) is 6.92 Å². The first-order valence-electron chi connectivity index (χ1n) is 12.2. The second-order valence-corrected chi connectivity index (χ2v) is 9.88. The summed E-state index contributed by atoms with van der Waals surface area (Å²) in [7, 11) is 0. The fraction of sp³-hybridized carbons (Fsp3) is 0.357. The molecular formula is C28H26N2O5. The molecule has 6 atom stereocenters. The van der Waals surface area contributed by atoms with Gasteiger partial charge >= 0.3 is 5.97 Å². The molecule has 1 heterocycles. The number of esters is 1. The number of hydrogen-bond donors (Lipinski definition) is 1. The van der Waals surface area contributed by atoms with Gasteiger partial charge in [0.05, 0.1) is 29.7 Å². The molecule has 7 nitrogen and oxygen atoms in total. The van der Waals surface area contributed by atoms with Crippen molar-refractivity contribution >= 4 is 35.1 Å². The highest BCUT2D eigenvalue weighted by Crippen LogP contribution is 2.65. The van der Waals surface area contributed by atoms with Crippen LogP contribution in [0.4, 0.5) is 11.4 Å². The van der Waals surface area contributed by atoms with E-state index in [1.54, 1.807) is 48.5 Å². The van der Waals surface area contributed by atoms with Gasteiger partial charge in [0, 0.05) is 11.3 Å². The molecule has 2 aromatic carbocycles. The van der Waals surface area contributed by atoms with Crippen molar-refractivity contribution in [1.82, 2.24) is 0 Å². The van der Waals surface area contributed by atoms with Crippen LogP contribution < -0.4 is 10.2 Å². The number of rotatable bonds is 6. The molecule has 0 radical (unpaired) electrons. The summed E-state index contributed by atoms with van der Waals surface area (Å²) >= 11 is 0. The zero-order chi connectivity index (χ0) is 24.3. The van der Waals surface area contributed by atoms with Crippen molar-refractivity contribution in [3.05, 3.63) is 71.8 Å². The first-order valence-corrected chi connectivity index (χ1v) is 12.2. The first kappa shape index (κ1) is 21.8. The molecule has 1 aliphatic heterocycles. The van der Waals surface area contributed by atoms with E-state index in [2.05, 4.69) is 17.5 Å². The van der Waals surface area contributed by atoms with E-state index < -0.39 is 5.97 Å². The summed E-state index contributed by atoms with van der Waals surface area (Å²) in [6, 6.07) is 13.0. The number of imide groups is 1. The van der Waals surface area contributed by atoms with Gasteiger partial charge in [-0.3, -0.25) is 19.3 Å². The minimum Gasteiger partial charge on any atom is -0.462 e. The van der Waals surface area contributed by atoms with Crippen LogP contribution in [0.2, 0.25) is 0 Å². The molecule has 4 aliphatic carbocycles. The van der Waals surface area contributed by atoms with Crippen molar-refractivity contribution in [1.29, 1.82) is 0 Å². The predicted octanol–water partition coefficient (Wildman–Crippen LogP) is 4.06. The second-order valence-electron chi connectivity index (χ2n) is 9.88. The highest BCUT2D eigenvalue weighted by atomic mass is 16.5. The van der Waals surface area contributed by atoms with Gasteiger partial charge in [-0.25, -0.2) is 4.79 Å². The molecule has 2 saturated carbocycles.